The summed E-state index contributed by atoms with van der Waals surface area (Å²) in [4.78, 5) is 17.9. The first kappa shape index (κ1) is 13.6. The standard InChI is InChI=1S/C14H19NO2S2/c1-9-13(19-10(2)15-9)12(16)11-3-5-17-14(7-11)4-6-18-8-14/h11H,3-8H2,1-2H3. The third-order valence-corrected chi connectivity index (χ3v) is 6.37. The molecule has 2 saturated heterocycles. The molecule has 0 saturated carbocycles. The first-order chi connectivity index (χ1) is 9.10. The van der Waals surface area contributed by atoms with Crippen molar-refractivity contribution in [3.63, 3.8) is 0 Å². The summed E-state index contributed by atoms with van der Waals surface area (Å²) in [6.07, 6.45) is 2.86. The Morgan fingerprint density at radius 2 is 2.32 bits per heavy atom. The summed E-state index contributed by atoms with van der Waals surface area (Å²) < 4.78 is 5.99. The van der Waals surface area contributed by atoms with E-state index in [0.29, 0.717) is 5.78 Å². The average molecular weight is 297 g/mol. The van der Waals surface area contributed by atoms with Crippen LogP contribution in [0.4, 0.5) is 0 Å². The molecule has 1 spiro atoms. The Morgan fingerprint density at radius 1 is 1.47 bits per heavy atom. The third-order valence-electron chi connectivity index (χ3n) is 4.06. The molecule has 2 fully saturated rings. The highest BCUT2D eigenvalue weighted by atomic mass is 32.2. The highest BCUT2D eigenvalue weighted by molar-refractivity contribution is 7.99. The van der Waals surface area contributed by atoms with E-state index in [1.807, 2.05) is 25.6 Å². The zero-order valence-corrected chi connectivity index (χ0v) is 13.0. The van der Waals surface area contributed by atoms with Crippen molar-refractivity contribution in [1.82, 2.24) is 4.98 Å². The van der Waals surface area contributed by atoms with E-state index in [-0.39, 0.29) is 11.5 Å². The van der Waals surface area contributed by atoms with E-state index in [2.05, 4.69) is 4.98 Å². The maximum Gasteiger partial charge on any atom is 0.177 e. The number of hydrogen-bond donors (Lipinski definition) is 0. The van der Waals surface area contributed by atoms with Crippen LogP contribution in [0.25, 0.3) is 0 Å². The van der Waals surface area contributed by atoms with Gasteiger partial charge in [-0.2, -0.15) is 11.8 Å². The van der Waals surface area contributed by atoms with Crippen LogP contribution in [0.5, 0.6) is 0 Å². The summed E-state index contributed by atoms with van der Waals surface area (Å²) in [6, 6.07) is 0. The molecule has 2 unspecified atom stereocenters. The van der Waals surface area contributed by atoms with Crippen LogP contribution in [-0.4, -0.2) is 34.5 Å². The van der Waals surface area contributed by atoms with Gasteiger partial charge < -0.3 is 4.74 Å². The molecule has 0 bridgehead atoms. The number of thiazole rings is 1. The van der Waals surface area contributed by atoms with Gasteiger partial charge in [-0.3, -0.25) is 4.79 Å². The van der Waals surface area contributed by atoms with Crippen LogP contribution < -0.4 is 0 Å². The van der Waals surface area contributed by atoms with Crippen LogP contribution in [0.1, 0.15) is 39.6 Å². The maximum absolute atomic E-state index is 12.7. The first-order valence-electron chi connectivity index (χ1n) is 6.80. The number of aryl methyl sites for hydroxylation is 2. The number of carbonyl (C=O) groups excluding carboxylic acids is 1. The largest absolute Gasteiger partial charge is 0.374 e. The van der Waals surface area contributed by atoms with Crippen molar-refractivity contribution in [2.75, 3.05) is 18.1 Å². The van der Waals surface area contributed by atoms with E-state index < -0.39 is 0 Å². The summed E-state index contributed by atoms with van der Waals surface area (Å²) in [5, 5.41) is 0.985. The first-order valence-corrected chi connectivity index (χ1v) is 8.77. The lowest BCUT2D eigenvalue weighted by Gasteiger charge is -2.37. The third kappa shape index (κ3) is 2.60. The van der Waals surface area contributed by atoms with Gasteiger partial charge in [0.2, 0.25) is 0 Å². The average Bonchev–Trinajstić information content (AvgIpc) is 2.96. The predicted octanol–water partition coefficient (Wildman–Crippen LogP) is 3.24. The van der Waals surface area contributed by atoms with Crippen LogP contribution in [-0.2, 0) is 4.74 Å². The van der Waals surface area contributed by atoms with Crippen molar-refractivity contribution >= 4 is 28.9 Å². The van der Waals surface area contributed by atoms with Gasteiger partial charge in [0, 0.05) is 18.3 Å². The quantitative estimate of drug-likeness (QED) is 0.786. The lowest BCUT2D eigenvalue weighted by atomic mass is 9.82. The molecule has 2 aliphatic rings. The fourth-order valence-corrected chi connectivity index (χ4v) is 5.38. The normalized spacial score (nSPS) is 30.9. The van der Waals surface area contributed by atoms with Gasteiger partial charge in [0.15, 0.2) is 5.78 Å². The smallest absolute Gasteiger partial charge is 0.177 e. The number of aromatic nitrogens is 1. The lowest BCUT2D eigenvalue weighted by Crippen LogP contribution is -2.42. The molecule has 5 heteroatoms. The SMILES string of the molecule is Cc1nc(C)c(C(=O)C2CCOC3(CCSC3)C2)s1. The van der Waals surface area contributed by atoms with E-state index in [4.69, 9.17) is 4.74 Å². The molecule has 3 rings (SSSR count). The highest BCUT2D eigenvalue weighted by Crippen LogP contribution is 2.41. The summed E-state index contributed by atoms with van der Waals surface area (Å²) in [6.45, 7) is 4.64. The van der Waals surface area contributed by atoms with E-state index >= 15 is 0 Å². The Hall–Kier alpha value is -0.390. The van der Waals surface area contributed by atoms with Gasteiger partial charge in [-0.1, -0.05) is 0 Å². The summed E-state index contributed by atoms with van der Waals surface area (Å²) in [7, 11) is 0. The minimum atomic E-state index is -0.0170. The zero-order chi connectivity index (χ0) is 13.5. The summed E-state index contributed by atoms with van der Waals surface area (Å²) in [5.41, 5.74) is 0.880. The molecule has 104 valence electrons. The van der Waals surface area contributed by atoms with Crippen LogP contribution in [0, 0.1) is 19.8 Å². The van der Waals surface area contributed by atoms with Crippen LogP contribution >= 0.6 is 23.1 Å². The second kappa shape index (κ2) is 5.19. The van der Waals surface area contributed by atoms with Crippen LogP contribution in [0.15, 0.2) is 0 Å². The molecule has 3 nitrogen and oxygen atoms in total. The molecule has 1 aromatic heterocycles. The Morgan fingerprint density at radius 3 is 2.95 bits per heavy atom. The molecule has 2 atom stereocenters. The number of Topliss-reactive ketones (excluding diaryl/α,β-unsaturated/α-hetero) is 1. The Bertz CT molecular complexity index is 492. The number of hydrogen-bond acceptors (Lipinski definition) is 5. The van der Waals surface area contributed by atoms with Crippen molar-refractivity contribution in [3.05, 3.63) is 15.6 Å². The van der Waals surface area contributed by atoms with Gasteiger partial charge in [-0.05, 0) is 38.9 Å². The van der Waals surface area contributed by atoms with E-state index in [9.17, 15) is 4.79 Å². The van der Waals surface area contributed by atoms with Gasteiger partial charge in [0.25, 0.3) is 0 Å². The number of nitrogens with zero attached hydrogens (tertiary/aromatic N) is 1. The molecular formula is C14H19NO2S2. The molecule has 2 aliphatic heterocycles. The van der Waals surface area contributed by atoms with Crippen molar-refractivity contribution in [1.29, 1.82) is 0 Å². The molecule has 0 aromatic carbocycles. The highest BCUT2D eigenvalue weighted by Gasteiger charge is 2.43. The molecule has 0 aliphatic carbocycles. The predicted molar refractivity (Wildman–Crippen MR) is 79.3 cm³/mol. The molecule has 19 heavy (non-hydrogen) atoms. The monoisotopic (exact) mass is 297 g/mol. The van der Waals surface area contributed by atoms with E-state index in [0.717, 1.165) is 47.2 Å². The zero-order valence-electron chi connectivity index (χ0n) is 11.4. The molecule has 0 radical (unpaired) electrons. The van der Waals surface area contributed by atoms with Crippen LogP contribution in [0.3, 0.4) is 0 Å². The molecule has 0 N–H and O–H groups in total. The van der Waals surface area contributed by atoms with Gasteiger partial charge in [-0.25, -0.2) is 4.98 Å². The minimum Gasteiger partial charge on any atom is -0.374 e. The number of carbonyl (C=O) groups is 1. The van der Waals surface area contributed by atoms with E-state index in [1.165, 1.54) is 5.75 Å². The second-order valence-electron chi connectivity index (χ2n) is 5.54. The minimum absolute atomic E-state index is 0.0170. The van der Waals surface area contributed by atoms with Crippen molar-refractivity contribution < 1.29 is 9.53 Å². The fraction of sp³-hybridized carbons (Fsp3) is 0.714. The number of rotatable bonds is 2. The van der Waals surface area contributed by atoms with Gasteiger partial charge in [0.1, 0.15) is 0 Å². The summed E-state index contributed by atoms with van der Waals surface area (Å²) >= 11 is 3.49. The maximum atomic E-state index is 12.7. The van der Waals surface area contributed by atoms with Crippen LogP contribution in [0.2, 0.25) is 0 Å². The fourth-order valence-electron chi connectivity index (χ4n) is 3.06. The van der Waals surface area contributed by atoms with Gasteiger partial charge in [0.05, 0.1) is 21.2 Å². The topological polar surface area (TPSA) is 39.2 Å². The molecular weight excluding hydrogens is 278 g/mol. The summed E-state index contributed by atoms with van der Waals surface area (Å²) in [5.74, 6) is 2.64. The number of thioether (sulfide) groups is 1. The van der Waals surface area contributed by atoms with Crippen molar-refractivity contribution in [3.8, 4) is 0 Å². The molecule has 3 heterocycles. The van der Waals surface area contributed by atoms with Crippen molar-refractivity contribution in [2.45, 2.75) is 38.7 Å². The second-order valence-corrected chi connectivity index (χ2v) is 7.84. The molecule has 0 amide bonds. The number of ether oxygens (including phenoxy) is 1. The number of ketones is 1. The Kier molecular flexibility index (Phi) is 3.71. The van der Waals surface area contributed by atoms with Gasteiger partial charge in [-0.15, -0.1) is 11.3 Å². The molecule has 1 aromatic rings. The van der Waals surface area contributed by atoms with E-state index in [1.54, 1.807) is 11.3 Å². The van der Waals surface area contributed by atoms with Gasteiger partial charge >= 0.3 is 0 Å². The lowest BCUT2D eigenvalue weighted by molar-refractivity contribution is -0.0734. The Balaban J connectivity index is 1.78. The van der Waals surface area contributed by atoms with Crippen molar-refractivity contribution in [2.24, 2.45) is 5.92 Å². The Labute approximate surface area is 122 Å².